The van der Waals surface area contributed by atoms with Crippen LogP contribution in [0.5, 0.6) is 0 Å². The van der Waals surface area contributed by atoms with Crippen molar-refractivity contribution in [2.45, 2.75) is 105 Å². The molecule has 3 nitrogen and oxygen atoms in total. The topological polar surface area (TPSA) is 19.6 Å². The zero-order chi connectivity index (χ0) is 40.9. The summed E-state index contributed by atoms with van der Waals surface area (Å²) in [6.45, 7) is 23.1. The number of aryl methyl sites for hydroxylation is 3. The molecule has 4 heterocycles. The molecule has 294 valence electrons. The molecular formula is C54H53BN2OS. The van der Waals surface area contributed by atoms with Crippen molar-refractivity contribution in [3.05, 3.63) is 137 Å². The van der Waals surface area contributed by atoms with Crippen molar-refractivity contribution in [2.24, 2.45) is 0 Å². The minimum Gasteiger partial charge on any atom is -0.456 e. The van der Waals surface area contributed by atoms with Gasteiger partial charge in [-0.3, -0.25) is 0 Å². The minimum atomic E-state index is 0.0210. The first kappa shape index (κ1) is 36.8. The third kappa shape index (κ3) is 5.53. The summed E-state index contributed by atoms with van der Waals surface area (Å²) in [4.78, 5) is 5.15. The van der Waals surface area contributed by atoms with Crippen LogP contribution in [0.2, 0.25) is 0 Å². The Balaban J connectivity index is 1.25. The fraction of sp³-hybridized carbons (Fsp3) is 0.296. The lowest BCUT2D eigenvalue weighted by molar-refractivity contribution is 0.590. The Labute approximate surface area is 353 Å². The van der Waals surface area contributed by atoms with E-state index in [1.54, 1.807) is 0 Å². The number of hydrogen-bond acceptors (Lipinski definition) is 4. The van der Waals surface area contributed by atoms with Gasteiger partial charge in [-0.1, -0.05) is 111 Å². The van der Waals surface area contributed by atoms with Gasteiger partial charge in [0.05, 0.1) is 5.69 Å². The highest BCUT2D eigenvalue weighted by Crippen LogP contribution is 2.50. The van der Waals surface area contributed by atoms with Crippen LogP contribution in [0.15, 0.2) is 108 Å². The quantitative estimate of drug-likeness (QED) is 0.163. The molecule has 0 amide bonds. The molecular weight excluding hydrogens is 735 g/mol. The van der Waals surface area contributed by atoms with E-state index in [0.29, 0.717) is 0 Å². The number of fused-ring (bicyclic) bond motifs is 11. The molecule has 1 aliphatic carbocycles. The third-order valence-electron chi connectivity index (χ3n) is 13.5. The normalized spacial score (nSPS) is 15.0. The molecule has 2 aliphatic heterocycles. The minimum absolute atomic E-state index is 0.0210. The lowest BCUT2D eigenvalue weighted by atomic mass is 9.36. The van der Waals surface area contributed by atoms with E-state index in [4.69, 9.17) is 4.42 Å². The SMILES string of the molecule is Cc1cc2c3c(c1)N(c1ccc(C(C)(C)C)cc1)c1c(sc4ccc(C(C)(C)C)cc14)B3c1cc3c(cc1N2c1ccc(C(C)(C)C)cc1)oc1c2c(ccc13)CCC2. The summed E-state index contributed by atoms with van der Waals surface area (Å²) < 4.78 is 9.70. The van der Waals surface area contributed by atoms with Crippen molar-refractivity contribution >= 4 is 99.9 Å². The maximum Gasteiger partial charge on any atom is 0.264 e. The second kappa shape index (κ2) is 12.4. The molecule has 59 heavy (non-hydrogen) atoms. The Hall–Kier alpha value is -5.26. The van der Waals surface area contributed by atoms with Gasteiger partial charge >= 0.3 is 0 Å². The van der Waals surface area contributed by atoms with Crippen LogP contribution in [-0.4, -0.2) is 6.71 Å². The lowest BCUT2D eigenvalue weighted by Gasteiger charge is -2.43. The fourth-order valence-corrected chi connectivity index (χ4v) is 11.5. The van der Waals surface area contributed by atoms with Gasteiger partial charge in [0.2, 0.25) is 0 Å². The lowest BCUT2D eigenvalue weighted by Crippen LogP contribution is -2.60. The maximum absolute atomic E-state index is 6.97. The zero-order valence-corrected chi connectivity index (χ0v) is 37.0. The molecule has 0 unspecified atom stereocenters. The highest BCUT2D eigenvalue weighted by molar-refractivity contribution is 7.33. The van der Waals surface area contributed by atoms with E-state index in [9.17, 15) is 0 Å². The van der Waals surface area contributed by atoms with Crippen molar-refractivity contribution in [3.8, 4) is 0 Å². The number of thiophene rings is 1. The number of rotatable bonds is 2. The fourth-order valence-electron chi connectivity index (χ4n) is 10.2. The molecule has 11 rings (SSSR count). The van der Waals surface area contributed by atoms with E-state index in [0.717, 1.165) is 24.0 Å². The Morgan fingerprint density at radius 1 is 0.576 bits per heavy atom. The van der Waals surface area contributed by atoms with Crippen LogP contribution in [0.3, 0.4) is 0 Å². The van der Waals surface area contributed by atoms with Gasteiger partial charge in [0.25, 0.3) is 6.71 Å². The molecule has 0 bridgehead atoms. The Bertz CT molecular complexity index is 3040. The summed E-state index contributed by atoms with van der Waals surface area (Å²) in [5.74, 6) is 0. The van der Waals surface area contributed by atoms with Crippen LogP contribution in [-0.2, 0) is 29.1 Å². The molecule has 3 aliphatic rings. The molecule has 0 atom stereocenters. The maximum atomic E-state index is 6.97. The Kier molecular flexibility index (Phi) is 7.73. The van der Waals surface area contributed by atoms with Crippen LogP contribution < -0.4 is 25.5 Å². The van der Waals surface area contributed by atoms with Crippen molar-refractivity contribution in [1.82, 2.24) is 0 Å². The van der Waals surface area contributed by atoms with Crippen LogP contribution in [0.1, 0.15) is 102 Å². The van der Waals surface area contributed by atoms with E-state index >= 15 is 0 Å². The molecule has 0 saturated carbocycles. The van der Waals surface area contributed by atoms with Crippen LogP contribution in [0, 0.1) is 6.92 Å². The smallest absolute Gasteiger partial charge is 0.264 e. The van der Waals surface area contributed by atoms with Gasteiger partial charge in [-0.05, 0) is 135 Å². The molecule has 0 spiro atoms. The van der Waals surface area contributed by atoms with E-state index in [1.807, 2.05) is 11.3 Å². The van der Waals surface area contributed by atoms with Crippen molar-refractivity contribution in [2.75, 3.05) is 9.80 Å². The van der Waals surface area contributed by atoms with Gasteiger partial charge in [0, 0.05) is 60.1 Å². The summed E-state index contributed by atoms with van der Waals surface area (Å²) >= 11 is 1.98. The monoisotopic (exact) mass is 788 g/mol. The van der Waals surface area contributed by atoms with Gasteiger partial charge in [0.1, 0.15) is 11.2 Å². The van der Waals surface area contributed by atoms with Crippen LogP contribution in [0.25, 0.3) is 32.0 Å². The highest BCUT2D eigenvalue weighted by Gasteiger charge is 2.46. The summed E-state index contributed by atoms with van der Waals surface area (Å²) in [6, 6.07) is 40.4. The third-order valence-corrected chi connectivity index (χ3v) is 14.7. The number of furan rings is 1. The summed E-state index contributed by atoms with van der Waals surface area (Å²) in [5, 5.41) is 3.78. The average molecular weight is 789 g/mol. The van der Waals surface area contributed by atoms with E-state index in [-0.39, 0.29) is 23.0 Å². The number of benzene rings is 6. The molecule has 6 aromatic carbocycles. The van der Waals surface area contributed by atoms with E-state index < -0.39 is 0 Å². The Morgan fingerprint density at radius 3 is 1.83 bits per heavy atom. The molecule has 5 heteroatoms. The zero-order valence-electron chi connectivity index (χ0n) is 36.2. The summed E-state index contributed by atoms with van der Waals surface area (Å²) in [6.07, 6.45) is 3.42. The first-order chi connectivity index (χ1) is 28.0. The molecule has 0 radical (unpaired) electrons. The standard InChI is InChI=1S/C54H53BN2OS/c1-31-26-44-48-45(27-31)57(37-22-17-34(18-23-37)53(5,6)7)49-41-28-35(54(8,9)10)19-25-47(41)59-51(49)55(48)42-29-40-39-24-14-32-12-11-13-38(32)50(39)58-46(40)30-43(42)56(44)36-20-15-33(16-21-36)52(2,3)4/h14-30H,11-13H2,1-10H3. The van der Waals surface area contributed by atoms with Crippen LogP contribution in [0.4, 0.5) is 34.1 Å². The highest BCUT2D eigenvalue weighted by atomic mass is 32.1. The predicted octanol–water partition coefficient (Wildman–Crippen LogP) is 13.6. The molecule has 0 saturated heterocycles. The van der Waals surface area contributed by atoms with Crippen LogP contribution >= 0.6 is 11.3 Å². The largest absolute Gasteiger partial charge is 0.456 e. The van der Waals surface area contributed by atoms with Crippen molar-refractivity contribution < 1.29 is 4.42 Å². The van der Waals surface area contributed by atoms with Gasteiger partial charge in [-0.25, -0.2) is 0 Å². The Morgan fingerprint density at radius 2 is 1.19 bits per heavy atom. The number of anilines is 6. The average Bonchev–Trinajstić information content (AvgIpc) is 3.91. The second-order valence-corrected chi connectivity index (χ2v) is 21.7. The first-order valence-corrected chi connectivity index (χ1v) is 22.4. The van der Waals surface area contributed by atoms with Gasteiger partial charge < -0.3 is 14.2 Å². The number of nitrogens with zero attached hydrogens (tertiary/aromatic N) is 2. The van der Waals surface area contributed by atoms with Gasteiger partial charge in [0.15, 0.2) is 0 Å². The molecule has 0 N–H and O–H groups in total. The predicted molar refractivity (Wildman–Crippen MR) is 256 cm³/mol. The second-order valence-electron chi connectivity index (χ2n) is 20.6. The number of hydrogen-bond donors (Lipinski definition) is 0. The summed E-state index contributed by atoms with van der Waals surface area (Å²) in [7, 11) is 0. The van der Waals surface area contributed by atoms with Gasteiger partial charge in [-0.2, -0.15) is 0 Å². The van der Waals surface area contributed by atoms with E-state index in [2.05, 4.69) is 182 Å². The molecule has 2 aromatic heterocycles. The van der Waals surface area contributed by atoms with E-state index in [1.165, 1.54) is 110 Å². The molecule has 8 aromatic rings. The van der Waals surface area contributed by atoms with Crippen molar-refractivity contribution in [3.63, 3.8) is 0 Å². The van der Waals surface area contributed by atoms with Crippen molar-refractivity contribution in [1.29, 1.82) is 0 Å². The molecule has 0 fully saturated rings. The summed E-state index contributed by atoms with van der Waals surface area (Å²) in [5.41, 5.74) is 20.4. The van der Waals surface area contributed by atoms with Gasteiger partial charge in [-0.15, -0.1) is 11.3 Å². The first-order valence-electron chi connectivity index (χ1n) is 21.6.